The fourth-order valence-corrected chi connectivity index (χ4v) is 3.03. The van der Waals surface area contributed by atoms with Crippen molar-refractivity contribution in [3.63, 3.8) is 0 Å². The van der Waals surface area contributed by atoms with Gasteiger partial charge in [-0.1, -0.05) is 6.07 Å². The van der Waals surface area contributed by atoms with Crippen LogP contribution >= 0.6 is 0 Å². The summed E-state index contributed by atoms with van der Waals surface area (Å²) in [4.78, 5) is 20.0. The molecule has 1 aliphatic heterocycles. The standard InChI is InChI=1S/C21H22F2N4O/c1-26(2)21(28)15-4-3-5-19(8-15)27-12-16(20(24)13-27)11-25-10-14-6-17(22)9-18(23)7-14/h3-9,11H,10,12-13,24H2,1-2H3. The Bertz CT molecular complexity index is 933. The third kappa shape index (κ3) is 4.54. The third-order valence-electron chi connectivity index (χ3n) is 4.44. The second kappa shape index (κ2) is 8.21. The molecule has 2 N–H and O–H groups in total. The van der Waals surface area contributed by atoms with Gasteiger partial charge in [-0.25, -0.2) is 8.78 Å². The molecule has 1 amide bonds. The van der Waals surface area contributed by atoms with Crippen LogP contribution in [0.4, 0.5) is 14.5 Å². The SMILES string of the molecule is CN(C)C(=O)c1cccc(N2CC(N)=C(C=NCc3cc(F)cc(F)c3)C2)c1. The lowest BCUT2D eigenvalue weighted by Crippen LogP contribution is -2.24. The number of benzene rings is 2. The zero-order valence-electron chi connectivity index (χ0n) is 15.8. The quantitative estimate of drug-likeness (QED) is 0.807. The highest BCUT2D eigenvalue weighted by atomic mass is 19.1. The highest BCUT2D eigenvalue weighted by molar-refractivity contribution is 5.95. The number of carbonyl (C=O) groups excluding carboxylic acids is 1. The van der Waals surface area contributed by atoms with Gasteiger partial charge < -0.3 is 15.5 Å². The number of nitrogens with zero attached hydrogens (tertiary/aromatic N) is 3. The molecule has 0 saturated carbocycles. The fraction of sp³-hybridized carbons (Fsp3) is 0.238. The molecule has 1 heterocycles. The first-order chi connectivity index (χ1) is 13.3. The molecule has 0 bridgehead atoms. The molecule has 0 atom stereocenters. The molecular weight excluding hydrogens is 362 g/mol. The van der Waals surface area contributed by atoms with Gasteiger partial charge in [0.2, 0.25) is 0 Å². The van der Waals surface area contributed by atoms with E-state index in [0.29, 0.717) is 29.9 Å². The first kappa shape index (κ1) is 19.5. The normalized spacial score (nSPS) is 14.2. The van der Waals surface area contributed by atoms with Crippen LogP contribution < -0.4 is 10.6 Å². The van der Waals surface area contributed by atoms with Gasteiger partial charge in [-0.2, -0.15) is 0 Å². The Labute approximate surface area is 162 Å². The number of hydrogen-bond acceptors (Lipinski definition) is 4. The predicted octanol–water partition coefficient (Wildman–Crippen LogP) is 2.97. The van der Waals surface area contributed by atoms with Gasteiger partial charge in [0.1, 0.15) is 11.6 Å². The van der Waals surface area contributed by atoms with Crippen LogP contribution in [0.2, 0.25) is 0 Å². The number of aliphatic imine (C=N–C) groups is 1. The van der Waals surface area contributed by atoms with Crippen LogP contribution in [0.15, 0.2) is 58.7 Å². The fourth-order valence-electron chi connectivity index (χ4n) is 3.03. The molecular formula is C21H22F2N4O. The Morgan fingerprint density at radius 2 is 1.89 bits per heavy atom. The first-order valence-electron chi connectivity index (χ1n) is 8.82. The molecule has 0 aliphatic carbocycles. The first-order valence-corrected chi connectivity index (χ1v) is 8.82. The van der Waals surface area contributed by atoms with E-state index in [9.17, 15) is 13.6 Å². The summed E-state index contributed by atoms with van der Waals surface area (Å²) < 4.78 is 26.5. The number of rotatable bonds is 5. The van der Waals surface area contributed by atoms with Crippen molar-refractivity contribution in [1.29, 1.82) is 0 Å². The number of halogens is 2. The summed E-state index contributed by atoms with van der Waals surface area (Å²) in [5.41, 5.74) is 9.62. The van der Waals surface area contributed by atoms with Crippen LogP contribution in [0.25, 0.3) is 0 Å². The highest BCUT2D eigenvalue weighted by Crippen LogP contribution is 2.23. The van der Waals surface area contributed by atoms with Crippen molar-refractivity contribution in [1.82, 2.24) is 4.90 Å². The van der Waals surface area contributed by atoms with E-state index < -0.39 is 11.6 Å². The lowest BCUT2D eigenvalue weighted by Gasteiger charge is -2.19. The lowest BCUT2D eigenvalue weighted by molar-refractivity contribution is 0.0827. The van der Waals surface area contributed by atoms with Gasteiger partial charge in [0.15, 0.2) is 0 Å². The molecule has 0 radical (unpaired) electrons. The minimum Gasteiger partial charge on any atom is -0.400 e. The van der Waals surface area contributed by atoms with E-state index in [2.05, 4.69) is 4.99 Å². The molecule has 2 aromatic carbocycles. The summed E-state index contributed by atoms with van der Waals surface area (Å²) in [5, 5.41) is 0. The second-order valence-electron chi connectivity index (χ2n) is 6.90. The summed E-state index contributed by atoms with van der Waals surface area (Å²) in [7, 11) is 3.42. The molecule has 0 saturated heterocycles. The maximum Gasteiger partial charge on any atom is 0.253 e. The maximum atomic E-state index is 13.2. The summed E-state index contributed by atoms with van der Waals surface area (Å²) in [5.74, 6) is -1.31. The topological polar surface area (TPSA) is 61.9 Å². The Morgan fingerprint density at radius 1 is 1.18 bits per heavy atom. The van der Waals surface area contributed by atoms with Crippen molar-refractivity contribution < 1.29 is 13.6 Å². The molecule has 2 aromatic rings. The van der Waals surface area contributed by atoms with Crippen molar-refractivity contribution in [2.75, 3.05) is 32.1 Å². The van der Waals surface area contributed by atoms with E-state index in [1.165, 1.54) is 17.0 Å². The van der Waals surface area contributed by atoms with Gasteiger partial charge in [0, 0.05) is 55.4 Å². The van der Waals surface area contributed by atoms with Crippen LogP contribution in [-0.2, 0) is 6.54 Å². The molecule has 1 aliphatic rings. The van der Waals surface area contributed by atoms with Gasteiger partial charge in [-0.05, 0) is 35.9 Å². The predicted molar refractivity (Wildman–Crippen MR) is 106 cm³/mol. The summed E-state index contributed by atoms with van der Waals surface area (Å²) in [6.07, 6.45) is 1.65. The average Bonchev–Trinajstić information content (AvgIpc) is 3.01. The lowest BCUT2D eigenvalue weighted by atomic mass is 10.1. The second-order valence-corrected chi connectivity index (χ2v) is 6.90. The van der Waals surface area contributed by atoms with E-state index in [0.717, 1.165) is 17.3 Å². The molecule has 28 heavy (non-hydrogen) atoms. The van der Waals surface area contributed by atoms with Crippen molar-refractivity contribution in [2.45, 2.75) is 6.54 Å². The summed E-state index contributed by atoms with van der Waals surface area (Å²) >= 11 is 0. The third-order valence-corrected chi connectivity index (χ3v) is 4.44. The molecule has 5 nitrogen and oxygen atoms in total. The largest absolute Gasteiger partial charge is 0.400 e. The van der Waals surface area contributed by atoms with Crippen molar-refractivity contribution in [2.24, 2.45) is 10.7 Å². The Hall–Kier alpha value is -3.22. The van der Waals surface area contributed by atoms with Gasteiger partial charge >= 0.3 is 0 Å². The minimum absolute atomic E-state index is 0.0638. The summed E-state index contributed by atoms with van der Waals surface area (Å²) in [6, 6.07) is 10.7. The van der Waals surface area contributed by atoms with E-state index in [4.69, 9.17) is 5.73 Å². The molecule has 0 spiro atoms. The number of hydrogen-bond donors (Lipinski definition) is 1. The van der Waals surface area contributed by atoms with Gasteiger partial charge in [0.25, 0.3) is 5.91 Å². The number of amides is 1. The highest BCUT2D eigenvalue weighted by Gasteiger charge is 2.20. The van der Waals surface area contributed by atoms with Crippen LogP contribution in [0, 0.1) is 11.6 Å². The zero-order chi connectivity index (χ0) is 20.3. The maximum absolute atomic E-state index is 13.2. The van der Waals surface area contributed by atoms with E-state index in [1.807, 2.05) is 23.1 Å². The Morgan fingerprint density at radius 3 is 2.57 bits per heavy atom. The van der Waals surface area contributed by atoms with Gasteiger partial charge in [-0.15, -0.1) is 0 Å². The van der Waals surface area contributed by atoms with Crippen LogP contribution in [-0.4, -0.2) is 44.2 Å². The molecule has 146 valence electrons. The van der Waals surface area contributed by atoms with Crippen LogP contribution in [0.5, 0.6) is 0 Å². The van der Waals surface area contributed by atoms with Gasteiger partial charge in [0.05, 0.1) is 13.1 Å². The van der Waals surface area contributed by atoms with Gasteiger partial charge in [-0.3, -0.25) is 9.79 Å². The smallest absolute Gasteiger partial charge is 0.253 e. The van der Waals surface area contributed by atoms with Crippen molar-refractivity contribution in [3.05, 3.63) is 76.5 Å². The molecule has 0 aromatic heterocycles. The number of carbonyl (C=O) groups is 1. The molecule has 0 fully saturated rings. The molecule has 0 unspecified atom stereocenters. The Kier molecular flexibility index (Phi) is 5.73. The van der Waals surface area contributed by atoms with Crippen molar-refractivity contribution >= 4 is 17.8 Å². The van der Waals surface area contributed by atoms with E-state index >= 15 is 0 Å². The van der Waals surface area contributed by atoms with E-state index in [1.54, 1.807) is 26.4 Å². The number of anilines is 1. The van der Waals surface area contributed by atoms with Crippen LogP contribution in [0.1, 0.15) is 15.9 Å². The minimum atomic E-state index is -0.622. The Balaban J connectivity index is 1.67. The average molecular weight is 384 g/mol. The van der Waals surface area contributed by atoms with Crippen LogP contribution in [0.3, 0.4) is 0 Å². The zero-order valence-corrected chi connectivity index (χ0v) is 15.8. The number of nitrogens with two attached hydrogens (primary N) is 1. The molecule has 7 heteroatoms. The summed E-state index contributed by atoms with van der Waals surface area (Å²) in [6.45, 7) is 1.24. The van der Waals surface area contributed by atoms with Crippen molar-refractivity contribution in [3.8, 4) is 0 Å². The van der Waals surface area contributed by atoms with E-state index in [-0.39, 0.29) is 12.5 Å². The molecule has 3 rings (SSSR count). The monoisotopic (exact) mass is 384 g/mol.